The summed E-state index contributed by atoms with van der Waals surface area (Å²) in [6.45, 7) is 4.22. The monoisotopic (exact) mass is 531 g/mol. The molecule has 1 aliphatic rings. The maximum atomic E-state index is 12.4. The van der Waals surface area contributed by atoms with E-state index in [1.807, 2.05) is 26.0 Å². The molecule has 2 N–H and O–H groups in total. The van der Waals surface area contributed by atoms with Crippen LogP contribution in [-0.4, -0.2) is 30.7 Å². The molecule has 0 spiro atoms. The standard InChI is InChI=1S/C28H25N3O8/c1-3-35-23-12-5-17(13-25(23)36-4-2)27-21-11-10-20(14-24(21)39-28(30)22(27)15-29)38-26(32)16-37-19-8-6-18(7-9-19)31(33)34/h5-14,27H,3-4,16,30H2,1-2H3. The van der Waals surface area contributed by atoms with Gasteiger partial charge in [-0.15, -0.1) is 0 Å². The lowest BCUT2D eigenvalue weighted by atomic mass is 9.83. The van der Waals surface area contributed by atoms with Crippen LogP contribution >= 0.6 is 0 Å². The lowest BCUT2D eigenvalue weighted by Gasteiger charge is -2.27. The molecule has 11 nitrogen and oxygen atoms in total. The van der Waals surface area contributed by atoms with Crippen molar-refractivity contribution in [2.75, 3.05) is 19.8 Å². The molecule has 4 rings (SSSR count). The highest BCUT2D eigenvalue weighted by Crippen LogP contribution is 2.45. The summed E-state index contributed by atoms with van der Waals surface area (Å²) in [4.78, 5) is 22.6. The highest BCUT2D eigenvalue weighted by molar-refractivity contribution is 5.74. The molecule has 0 aromatic heterocycles. The number of ether oxygens (including phenoxy) is 5. The van der Waals surface area contributed by atoms with Crippen molar-refractivity contribution in [1.82, 2.24) is 0 Å². The molecule has 1 heterocycles. The molecule has 1 aliphatic heterocycles. The second-order valence-electron chi connectivity index (χ2n) is 8.21. The van der Waals surface area contributed by atoms with Gasteiger partial charge in [-0.05, 0) is 49.7 Å². The zero-order chi connectivity index (χ0) is 27.9. The number of carbonyl (C=O) groups is 1. The molecular formula is C28H25N3O8. The summed E-state index contributed by atoms with van der Waals surface area (Å²) in [7, 11) is 0. The summed E-state index contributed by atoms with van der Waals surface area (Å²) in [5.74, 6) is 0.594. The summed E-state index contributed by atoms with van der Waals surface area (Å²) in [5.41, 5.74) is 7.64. The van der Waals surface area contributed by atoms with Gasteiger partial charge < -0.3 is 29.4 Å². The minimum atomic E-state index is -0.699. The van der Waals surface area contributed by atoms with Gasteiger partial charge >= 0.3 is 5.97 Å². The van der Waals surface area contributed by atoms with Crippen LogP contribution in [0.15, 0.2) is 72.1 Å². The second kappa shape index (κ2) is 11.9. The van der Waals surface area contributed by atoms with Crippen molar-refractivity contribution in [2.24, 2.45) is 5.73 Å². The Kier molecular flexibility index (Phi) is 8.16. The van der Waals surface area contributed by atoms with Gasteiger partial charge in [0.1, 0.15) is 28.9 Å². The van der Waals surface area contributed by atoms with Crippen molar-refractivity contribution in [1.29, 1.82) is 5.26 Å². The molecular weight excluding hydrogens is 506 g/mol. The van der Waals surface area contributed by atoms with Gasteiger partial charge in [0.05, 0.1) is 24.1 Å². The van der Waals surface area contributed by atoms with Crippen LogP contribution < -0.4 is 29.4 Å². The Balaban J connectivity index is 1.55. The van der Waals surface area contributed by atoms with E-state index in [1.165, 1.54) is 30.3 Å². The number of fused-ring (bicyclic) bond motifs is 1. The minimum Gasteiger partial charge on any atom is -0.490 e. The number of benzene rings is 3. The average molecular weight is 532 g/mol. The van der Waals surface area contributed by atoms with Gasteiger partial charge in [-0.2, -0.15) is 5.26 Å². The van der Waals surface area contributed by atoms with E-state index in [4.69, 9.17) is 29.4 Å². The number of rotatable bonds is 10. The fraction of sp³-hybridized carbons (Fsp3) is 0.214. The van der Waals surface area contributed by atoms with Crippen LogP contribution in [0.4, 0.5) is 5.69 Å². The number of nitrogens with zero attached hydrogens (tertiary/aromatic N) is 2. The number of nitro benzene ring substituents is 1. The number of non-ortho nitro benzene ring substituents is 1. The smallest absolute Gasteiger partial charge is 0.349 e. The third kappa shape index (κ3) is 6.02. The lowest BCUT2D eigenvalue weighted by molar-refractivity contribution is -0.384. The zero-order valence-corrected chi connectivity index (χ0v) is 21.2. The molecule has 39 heavy (non-hydrogen) atoms. The molecule has 3 aromatic carbocycles. The molecule has 0 saturated carbocycles. The van der Waals surface area contributed by atoms with E-state index < -0.39 is 23.4 Å². The Labute approximate surface area is 224 Å². The molecule has 0 saturated heterocycles. The van der Waals surface area contributed by atoms with Crippen molar-refractivity contribution in [3.63, 3.8) is 0 Å². The molecule has 11 heteroatoms. The fourth-order valence-electron chi connectivity index (χ4n) is 4.06. The van der Waals surface area contributed by atoms with Gasteiger partial charge in [-0.1, -0.05) is 12.1 Å². The first-order valence-corrected chi connectivity index (χ1v) is 12.0. The maximum Gasteiger partial charge on any atom is 0.349 e. The fourth-order valence-corrected chi connectivity index (χ4v) is 4.06. The number of allylic oxidation sites excluding steroid dienone is 1. The first-order valence-electron chi connectivity index (χ1n) is 12.0. The Bertz CT molecular complexity index is 1460. The lowest BCUT2D eigenvalue weighted by Crippen LogP contribution is -2.22. The Morgan fingerprint density at radius 3 is 2.36 bits per heavy atom. The highest BCUT2D eigenvalue weighted by atomic mass is 16.6. The molecule has 3 aromatic rings. The molecule has 0 fully saturated rings. The van der Waals surface area contributed by atoms with E-state index in [0.717, 1.165) is 5.56 Å². The van der Waals surface area contributed by atoms with Crippen molar-refractivity contribution >= 4 is 11.7 Å². The Hall–Kier alpha value is -5.24. The minimum absolute atomic E-state index is 0.0631. The number of hydrogen-bond donors (Lipinski definition) is 1. The summed E-state index contributed by atoms with van der Waals surface area (Å²) in [5, 5.41) is 20.6. The van der Waals surface area contributed by atoms with Crippen molar-refractivity contribution in [2.45, 2.75) is 19.8 Å². The SMILES string of the molecule is CCOc1ccc(C2C(C#N)=C(N)Oc3cc(OC(=O)COc4ccc([N+](=O)[O-])cc4)ccc32)cc1OCC. The summed E-state index contributed by atoms with van der Waals surface area (Å²) in [6, 6.07) is 17.7. The highest BCUT2D eigenvalue weighted by Gasteiger charge is 2.32. The van der Waals surface area contributed by atoms with Crippen LogP contribution in [0, 0.1) is 21.4 Å². The van der Waals surface area contributed by atoms with Gasteiger partial charge in [0.25, 0.3) is 5.69 Å². The van der Waals surface area contributed by atoms with E-state index in [2.05, 4.69) is 6.07 Å². The number of nitriles is 1. The normalized spacial score (nSPS) is 13.9. The van der Waals surface area contributed by atoms with Crippen LogP contribution in [0.5, 0.6) is 28.7 Å². The van der Waals surface area contributed by atoms with E-state index >= 15 is 0 Å². The predicted octanol–water partition coefficient (Wildman–Crippen LogP) is 4.59. The number of carbonyl (C=O) groups excluding carboxylic acids is 1. The molecule has 0 bridgehead atoms. The predicted molar refractivity (Wildman–Crippen MR) is 139 cm³/mol. The summed E-state index contributed by atoms with van der Waals surface area (Å²) >= 11 is 0. The van der Waals surface area contributed by atoms with Crippen molar-refractivity contribution in [3.8, 4) is 34.8 Å². The van der Waals surface area contributed by atoms with Crippen molar-refractivity contribution in [3.05, 3.63) is 93.4 Å². The molecule has 0 aliphatic carbocycles. The Morgan fingerprint density at radius 2 is 1.69 bits per heavy atom. The quantitative estimate of drug-likeness (QED) is 0.170. The van der Waals surface area contributed by atoms with Gasteiger partial charge in [-0.3, -0.25) is 10.1 Å². The van der Waals surface area contributed by atoms with E-state index in [0.29, 0.717) is 36.0 Å². The first kappa shape index (κ1) is 26.8. The first-order chi connectivity index (χ1) is 18.8. The van der Waals surface area contributed by atoms with Gasteiger partial charge in [0.15, 0.2) is 18.1 Å². The van der Waals surface area contributed by atoms with Crippen LogP contribution in [0.3, 0.4) is 0 Å². The van der Waals surface area contributed by atoms with E-state index in [-0.39, 0.29) is 28.6 Å². The van der Waals surface area contributed by atoms with Gasteiger partial charge in [0.2, 0.25) is 5.88 Å². The van der Waals surface area contributed by atoms with Crippen LogP contribution in [0.25, 0.3) is 0 Å². The summed E-state index contributed by atoms with van der Waals surface area (Å²) < 4.78 is 27.8. The molecule has 0 amide bonds. The third-order valence-electron chi connectivity index (χ3n) is 5.73. The molecule has 0 radical (unpaired) electrons. The largest absolute Gasteiger partial charge is 0.490 e. The number of nitro groups is 1. The van der Waals surface area contributed by atoms with E-state index in [1.54, 1.807) is 18.2 Å². The van der Waals surface area contributed by atoms with Gasteiger partial charge in [-0.25, -0.2) is 4.79 Å². The second-order valence-corrected chi connectivity index (χ2v) is 8.21. The molecule has 1 atom stereocenters. The number of esters is 1. The molecule has 200 valence electrons. The maximum absolute atomic E-state index is 12.4. The van der Waals surface area contributed by atoms with Crippen LogP contribution in [0.2, 0.25) is 0 Å². The number of hydrogen-bond acceptors (Lipinski definition) is 10. The summed E-state index contributed by atoms with van der Waals surface area (Å²) in [6.07, 6.45) is 0. The van der Waals surface area contributed by atoms with Crippen molar-refractivity contribution < 1.29 is 33.4 Å². The molecule has 1 unspecified atom stereocenters. The van der Waals surface area contributed by atoms with E-state index in [9.17, 15) is 20.2 Å². The van der Waals surface area contributed by atoms with Crippen LogP contribution in [0.1, 0.15) is 30.9 Å². The Morgan fingerprint density at radius 1 is 1.00 bits per heavy atom. The zero-order valence-electron chi connectivity index (χ0n) is 21.2. The third-order valence-corrected chi connectivity index (χ3v) is 5.73. The number of nitrogens with two attached hydrogens (primary N) is 1. The average Bonchev–Trinajstić information content (AvgIpc) is 2.92. The van der Waals surface area contributed by atoms with Crippen LogP contribution in [-0.2, 0) is 4.79 Å². The van der Waals surface area contributed by atoms with Gasteiger partial charge in [0, 0.05) is 23.8 Å². The topological polar surface area (TPSA) is 156 Å².